The van der Waals surface area contributed by atoms with E-state index in [1.54, 1.807) is 18.2 Å². The number of halogens is 2. The third-order valence-electron chi connectivity index (χ3n) is 3.19. The average Bonchev–Trinajstić information content (AvgIpc) is 2.81. The van der Waals surface area contributed by atoms with Gasteiger partial charge in [-0.25, -0.2) is 4.79 Å². The summed E-state index contributed by atoms with van der Waals surface area (Å²) in [5.41, 5.74) is 0.586. The van der Waals surface area contributed by atoms with Gasteiger partial charge in [-0.15, -0.1) is 0 Å². The molecule has 1 amide bonds. The smallest absolute Gasteiger partial charge is 0.407 e. The summed E-state index contributed by atoms with van der Waals surface area (Å²) in [5, 5.41) is 20.1. The summed E-state index contributed by atoms with van der Waals surface area (Å²) in [5.74, 6) is 0. The molecule has 18 heavy (non-hydrogen) atoms. The molecular weight excluding hydrogens is 277 g/mol. The summed E-state index contributed by atoms with van der Waals surface area (Å²) >= 11 is 11.7. The number of hydrogen-bond acceptors (Lipinski definition) is 2. The van der Waals surface area contributed by atoms with Crippen molar-refractivity contribution in [2.24, 2.45) is 0 Å². The Hall–Kier alpha value is -0.970. The fraction of sp³-hybridized carbons (Fsp3) is 0.417. The van der Waals surface area contributed by atoms with Crippen LogP contribution in [0.15, 0.2) is 18.2 Å². The van der Waals surface area contributed by atoms with Crippen LogP contribution in [0.2, 0.25) is 10.0 Å². The molecule has 0 aromatic heterocycles. The van der Waals surface area contributed by atoms with Crippen LogP contribution in [0.25, 0.3) is 0 Å². The molecular formula is C12H13Cl2NO3. The van der Waals surface area contributed by atoms with Crippen LogP contribution in [0.5, 0.6) is 0 Å². The highest BCUT2D eigenvalue weighted by molar-refractivity contribution is 6.42. The van der Waals surface area contributed by atoms with Crippen molar-refractivity contribution in [1.29, 1.82) is 0 Å². The minimum Gasteiger partial charge on any atom is -0.465 e. The number of amides is 1. The highest BCUT2D eigenvalue weighted by Crippen LogP contribution is 2.32. The molecule has 2 rings (SSSR count). The quantitative estimate of drug-likeness (QED) is 0.879. The van der Waals surface area contributed by atoms with Gasteiger partial charge in [-0.2, -0.15) is 0 Å². The van der Waals surface area contributed by atoms with Crippen LogP contribution in [0, 0.1) is 0 Å². The second-order valence-corrected chi connectivity index (χ2v) is 5.12. The lowest BCUT2D eigenvalue weighted by Crippen LogP contribution is -2.38. The summed E-state index contributed by atoms with van der Waals surface area (Å²) in [7, 11) is 0. The zero-order chi connectivity index (χ0) is 13.3. The number of carbonyl (C=O) groups is 1. The summed E-state index contributed by atoms with van der Waals surface area (Å²) in [4.78, 5) is 12.3. The second kappa shape index (κ2) is 5.34. The van der Waals surface area contributed by atoms with Crippen molar-refractivity contribution in [2.45, 2.75) is 25.0 Å². The van der Waals surface area contributed by atoms with Gasteiger partial charge in [0.2, 0.25) is 0 Å². The van der Waals surface area contributed by atoms with E-state index in [1.807, 2.05) is 0 Å². The lowest BCUT2D eigenvalue weighted by Gasteiger charge is -2.26. The van der Waals surface area contributed by atoms with Gasteiger partial charge in [-0.05, 0) is 30.5 Å². The fourth-order valence-electron chi connectivity index (χ4n) is 2.28. The molecule has 0 unspecified atom stereocenters. The first-order chi connectivity index (χ1) is 8.50. The standard InChI is InChI=1S/C12H13Cl2NO3/c13-8-4-3-7(6-9(8)14)11(16)10-2-1-5-15(10)12(17)18/h3-4,6,10-11,16H,1-2,5H2,(H,17,18)/t10-,11+/m1/s1. The molecule has 1 aliphatic heterocycles. The van der Waals surface area contributed by atoms with Gasteiger partial charge in [-0.1, -0.05) is 29.3 Å². The zero-order valence-corrected chi connectivity index (χ0v) is 11.0. The number of carboxylic acid groups (broad SMARTS) is 1. The summed E-state index contributed by atoms with van der Waals surface area (Å²) < 4.78 is 0. The number of aliphatic hydroxyl groups is 1. The molecule has 0 saturated carbocycles. The monoisotopic (exact) mass is 289 g/mol. The normalized spacial score (nSPS) is 21.1. The number of hydrogen-bond donors (Lipinski definition) is 2. The lowest BCUT2D eigenvalue weighted by molar-refractivity contribution is 0.0677. The fourth-order valence-corrected chi connectivity index (χ4v) is 2.58. The maximum Gasteiger partial charge on any atom is 0.407 e. The third kappa shape index (κ3) is 2.55. The molecule has 1 heterocycles. The van der Waals surface area contributed by atoms with E-state index in [0.717, 1.165) is 6.42 Å². The summed E-state index contributed by atoms with van der Waals surface area (Å²) in [6, 6.07) is 4.42. The van der Waals surface area contributed by atoms with Crippen molar-refractivity contribution in [3.05, 3.63) is 33.8 Å². The van der Waals surface area contributed by atoms with E-state index < -0.39 is 18.2 Å². The Bertz CT molecular complexity index is 467. The lowest BCUT2D eigenvalue weighted by atomic mass is 10.0. The van der Waals surface area contributed by atoms with Crippen LogP contribution in [0.1, 0.15) is 24.5 Å². The van der Waals surface area contributed by atoms with E-state index in [0.29, 0.717) is 28.6 Å². The first-order valence-electron chi connectivity index (χ1n) is 5.63. The number of likely N-dealkylation sites (tertiary alicyclic amines) is 1. The maximum atomic E-state index is 11.0. The van der Waals surface area contributed by atoms with Crippen LogP contribution >= 0.6 is 23.2 Å². The van der Waals surface area contributed by atoms with E-state index in [1.165, 1.54) is 4.90 Å². The van der Waals surface area contributed by atoms with Crippen molar-refractivity contribution in [2.75, 3.05) is 6.54 Å². The van der Waals surface area contributed by atoms with E-state index in [-0.39, 0.29) is 0 Å². The van der Waals surface area contributed by atoms with Gasteiger partial charge in [0.25, 0.3) is 0 Å². The summed E-state index contributed by atoms with van der Waals surface area (Å²) in [6.07, 6.45) is -0.474. The van der Waals surface area contributed by atoms with Crippen molar-refractivity contribution < 1.29 is 15.0 Å². The van der Waals surface area contributed by atoms with Crippen molar-refractivity contribution in [1.82, 2.24) is 4.90 Å². The summed E-state index contributed by atoms with van der Waals surface area (Å²) in [6.45, 7) is 0.457. The van der Waals surface area contributed by atoms with E-state index >= 15 is 0 Å². The minimum atomic E-state index is -1.00. The van der Waals surface area contributed by atoms with Gasteiger partial charge in [0, 0.05) is 6.54 Å². The number of benzene rings is 1. The molecule has 0 radical (unpaired) electrons. The second-order valence-electron chi connectivity index (χ2n) is 4.30. The van der Waals surface area contributed by atoms with Gasteiger partial charge in [0.05, 0.1) is 22.2 Å². The average molecular weight is 290 g/mol. The Morgan fingerprint density at radius 1 is 1.39 bits per heavy atom. The molecule has 2 N–H and O–H groups in total. The molecule has 6 heteroatoms. The zero-order valence-electron chi connectivity index (χ0n) is 9.51. The highest BCUT2D eigenvalue weighted by Gasteiger charge is 2.34. The predicted octanol–water partition coefficient (Wildman–Crippen LogP) is 3.17. The van der Waals surface area contributed by atoms with Crippen LogP contribution in [0.3, 0.4) is 0 Å². The number of rotatable bonds is 2. The van der Waals surface area contributed by atoms with Crippen LogP contribution in [-0.2, 0) is 0 Å². The molecule has 4 nitrogen and oxygen atoms in total. The molecule has 1 aromatic carbocycles. The van der Waals surface area contributed by atoms with Crippen LogP contribution in [0.4, 0.5) is 4.79 Å². The first-order valence-corrected chi connectivity index (χ1v) is 6.39. The van der Waals surface area contributed by atoms with Crippen molar-refractivity contribution in [3.8, 4) is 0 Å². The third-order valence-corrected chi connectivity index (χ3v) is 3.93. The van der Waals surface area contributed by atoms with Gasteiger partial charge >= 0.3 is 6.09 Å². The number of nitrogens with zero attached hydrogens (tertiary/aromatic N) is 1. The molecule has 0 bridgehead atoms. The van der Waals surface area contributed by atoms with Crippen LogP contribution < -0.4 is 0 Å². The van der Waals surface area contributed by atoms with E-state index in [9.17, 15) is 9.90 Å². The highest BCUT2D eigenvalue weighted by atomic mass is 35.5. The van der Waals surface area contributed by atoms with Gasteiger partial charge < -0.3 is 15.1 Å². The molecule has 98 valence electrons. The van der Waals surface area contributed by atoms with Gasteiger partial charge in [0.1, 0.15) is 0 Å². The number of aliphatic hydroxyl groups excluding tert-OH is 1. The van der Waals surface area contributed by atoms with Crippen LogP contribution in [-0.4, -0.2) is 33.8 Å². The first kappa shape index (κ1) is 13.5. The maximum absolute atomic E-state index is 11.0. The molecule has 1 aliphatic rings. The topological polar surface area (TPSA) is 60.8 Å². The predicted molar refractivity (Wildman–Crippen MR) is 69.2 cm³/mol. The van der Waals surface area contributed by atoms with E-state index in [4.69, 9.17) is 28.3 Å². The van der Waals surface area contributed by atoms with Gasteiger partial charge in [0.15, 0.2) is 0 Å². The molecule has 1 saturated heterocycles. The molecule has 1 fully saturated rings. The Morgan fingerprint density at radius 3 is 2.72 bits per heavy atom. The minimum absolute atomic E-state index is 0.355. The van der Waals surface area contributed by atoms with Crippen molar-refractivity contribution in [3.63, 3.8) is 0 Å². The molecule has 0 aliphatic carbocycles. The van der Waals surface area contributed by atoms with Crippen molar-refractivity contribution >= 4 is 29.3 Å². The Kier molecular flexibility index (Phi) is 4.00. The van der Waals surface area contributed by atoms with E-state index in [2.05, 4.69) is 0 Å². The van der Waals surface area contributed by atoms with Gasteiger partial charge in [-0.3, -0.25) is 0 Å². The Morgan fingerprint density at radius 2 is 2.11 bits per heavy atom. The Balaban J connectivity index is 2.22. The molecule has 2 atom stereocenters. The largest absolute Gasteiger partial charge is 0.465 e. The SMILES string of the molecule is O=C(O)N1CCC[C@@H]1[C@@H](O)c1ccc(Cl)c(Cl)c1. The Labute approximate surface area is 115 Å². The molecule has 1 aromatic rings. The molecule has 0 spiro atoms.